The minimum absolute atomic E-state index is 0.427. The Kier molecular flexibility index (Phi) is 3.91. The molecule has 0 radical (unpaired) electrons. The van der Waals surface area contributed by atoms with E-state index in [9.17, 15) is 4.79 Å². The van der Waals surface area contributed by atoms with Crippen molar-refractivity contribution in [1.82, 2.24) is 9.55 Å². The molecule has 0 spiro atoms. The predicted octanol–water partition coefficient (Wildman–Crippen LogP) is 3.73. The van der Waals surface area contributed by atoms with Crippen molar-refractivity contribution in [3.8, 4) is 0 Å². The van der Waals surface area contributed by atoms with Crippen molar-refractivity contribution < 1.29 is 4.79 Å². The highest BCUT2D eigenvalue weighted by Crippen LogP contribution is 2.28. The fraction of sp³-hybridized carbons (Fsp3) is 0.300. The van der Waals surface area contributed by atoms with Gasteiger partial charge in [-0.3, -0.25) is 9.78 Å². The van der Waals surface area contributed by atoms with Crippen LogP contribution in [0.3, 0.4) is 0 Å². The average molecular weight is 321 g/mol. The summed E-state index contributed by atoms with van der Waals surface area (Å²) < 4.78 is 1.98. The molecular weight excluding hydrogens is 298 g/mol. The van der Waals surface area contributed by atoms with E-state index in [0.717, 1.165) is 11.0 Å². The van der Waals surface area contributed by atoms with E-state index in [1.807, 2.05) is 16.7 Å². The Bertz CT molecular complexity index is 938. The number of carbonyl (C=O) groups excluding carboxylic acids is 1. The lowest BCUT2D eigenvalue weighted by molar-refractivity contribution is 0.0992. The first-order chi connectivity index (χ1) is 11.3. The predicted molar refractivity (Wildman–Crippen MR) is 97.5 cm³/mol. The number of amides is 1. The molecule has 0 aliphatic heterocycles. The number of pyridine rings is 1. The molecule has 2 N–H and O–H groups in total. The highest BCUT2D eigenvalue weighted by Gasteiger charge is 2.18. The number of nitrogens with zero attached hydrogens (tertiary/aromatic N) is 2. The Morgan fingerprint density at radius 1 is 1.04 bits per heavy atom. The summed E-state index contributed by atoms with van der Waals surface area (Å²) in [6.45, 7) is 11.4. The van der Waals surface area contributed by atoms with Crippen LogP contribution in [0.1, 0.15) is 43.9 Å². The molecule has 3 rings (SSSR count). The summed E-state index contributed by atoms with van der Waals surface area (Å²) in [5.41, 5.74) is 15.6. The lowest BCUT2D eigenvalue weighted by Gasteiger charge is -2.20. The van der Waals surface area contributed by atoms with Gasteiger partial charge in [-0.2, -0.15) is 0 Å². The van der Waals surface area contributed by atoms with E-state index >= 15 is 0 Å². The van der Waals surface area contributed by atoms with Gasteiger partial charge in [-0.15, -0.1) is 0 Å². The first kappa shape index (κ1) is 16.2. The molecule has 0 fully saturated rings. The third kappa shape index (κ3) is 2.39. The summed E-state index contributed by atoms with van der Waals surface area (Å²) in [5, 5.41) is 0. The van der Waals surface area contributed by atoms with Crippen molar-refractivity contribution in [2.24, 2.45) is 5.73 Å². The molecule has 24 heavy (non-hydrogen) atoms. The van der Waals surface area contributed by atoms with Gasteiger partial charge >= 0.3 is 0 Å². The van der Waals surface area contributed by atoms with Crippen molar-refractivity contribution >= 4 is 16.9 Å². The van der Waals surface area contributed by atoms with Gasteiger partial charge in [-0.1, -0.05) is 0 Å². The smallest absolute Gasteiger partial charge is 0.265 e. The van der Waals surface area contributed by atoms with Crippen LogP contribution in [0.2, 0.25) is 0 Å². The van der Waals surface area contributed by atoms with Crippen LogP contribution in [0.4, 0.5) is 0 Å². The van der Waals surface area contributed by atoms with Crippen molar-refractivity contribution in [1.29, 1.82) is 0 Å². The second-order valence-corrected chi connectivity index (χ2v) is 6.49. The van der Waals surface area contributed by atoms with Crippen LogP contribution in [0, 0.1) is 34.6 Å². The summed E-state index contributed by atoms with van der Waals surface area (Å²) in [6.07, 6.45) is 1.73. The second-order valence-electron chi connectivity index (χ2n) is 6.49. The van der Waals surface area contributed by atoms with Gasteiger partial charge < -0.3 is 10.3 Å². The molecule has 2 heterocycles. The quantitative estimate of drug-likeness (QED) is 0.799. The van der Waals surface area contributed by atoms with E-state index in [1.54, 1.807) is 12.3 Å². The highest BCUT2D eigenvalue weighted by atomic mass is 16.1. The second kappa shape index (κ2) is 5.78. The van der Waals surface area contributed by atoms with Crippen molar-refractivity contribution in [2.45, 2.75) is 41.2 Å². The zero-order chi connectivity index (χ0) is 17.6. The van der Waals surface area contributed by atoms with Gasteiger partial charge in [0.2, 0.25) is 0 Å². The maximum Gasteiger partial charge on any atom is 0.265 e. The molecule has 0 bridgehead atoms. The fourth-order valence-electron chi connectivity index (χ4n) is 3.43. The standard InChI is InChI=1S/C20H23N3O/c1-11-12(2)14(4)16(15(5)13(11)3)10-23-18-7-6-8-22-17(18)9-19(23)20(21)24/h6-9H,10H2,1-5H3,(H2,21,24). The van der Waals surface area contributed by atoms with Crippen LogP contribution in [0.5, 0.6) is 0 Å². The molecule has 1 amide bonds. The zero-order valence-electron chi connectivity index (χ0n) is 14.9. The van der Waals surface area contributed by atoms with Crippen molar-refractivity contribution in [3.05, 3.63) is 63.5 Å². The van der Waals surface area contributed by atoms with Crippen LogP contribution in [0.25, 0.3) is 11.0 Å². The molecule has 2 aromatic heterocycles. The average Bonchev–Trinajstić information content (AvgIpc) is 2.94. The monoisotopic (exact) mass is 321 g/mol. The summed E-state index contributed by atoms with van der Waals surface area (Å²) in [7, 11) is 0. The zero-order valence-corrected chi connectivity index (χ0v) is 14.9. The highest BCUT2D eigenvalue weighted by molar-refractivity contribution is 5.96. The minimum atomic E-state index is -0.427. The number of benzene rings is 1. The van der Waals surface area contributed by atoms with E-state index in [1.165, 1.54) is 33.4 Å². The number of primary amides is 1. The van der Waals surface area contributed by atoms with Crippen LogP contribution >= 0.6 is 0 Å². The van der Waals surface area contributed by atoms with Crippen LogP contribution in [-0.2, 0) is 6.54 Å². The van der Waals surface area contributed by atoms with E-state index in [-0.39, 0.29) is 0 Å². The lowest BCUT2D eigenvalue weighted by atomic mass is 9.89. The largest absolute Gasteiger partial charge is 0.364 e. The summed E-state index contributed by atoms with van der Waals surface area (Å²) >= 11 is 0. The van der Waals surface area contributed by atoms with Gasteiger partial charge in [0.1, 0.15) is 5.69 Å². The number of hydrogen-bond donors (Lipinski definition) is 1. The molecule has 4 nitrogen and oxygen atoms in total. The molecular formula is C20H23N3O. The summed E-state index contributed by atoms with van der Waals surface area (Å²) in [6, 6.07) is 5.64. The maximum atomic E-state index is 11.9. The normalized spacial score (nSPS) is 11.2. The van der Waals surface area contributed by atoms with E-state index in [2.05, 4.69) is 39.6 Å². The molecule has 0 unspecified atom stereocenters. The molecule has 0 atom stereocenters. The summed E-state index contributed by atoms with van der Waals surface area (Å²) in [5.74, 6) is -0.427. The Balaban J connectivity index is 2.25. The van der Waals surface area contributed by atoms with Crippen molar-refractivity contribution in [2.75, 3.05) is 0 Å². The van der Waals surface area contributed by atoms with Gasteiger partial charge in [-0.25, -0.2) is 0 Å². The molecule has 124 valence electrons. The number of aromatic nitrogens is 2. The van der Waals surface area contributed by atoms with Gasteiger partial charge in [0, 0.05) is 12.7 Å². The third-order valence-corrected chi connectivity index (χ3v) is 5.40. The van der Waals surface area contributed by atoms with Gasteiger partial charge in [-0.05, 0) is 86.2 Å². The number of nitrogens with two attached hydrogens (primary N) is 1. The van der Waals surface area contributed by atoms with Crippen molar-refractivity contribution in [3.63, 3.8) is 0 Å². The van der Waals surface area contributed by atoms with Gasteiger partial charge in [0.15, 0.2) is 0 Å². The van der Waals surface area contributed by atoms with Gasteiger partial charge in [0.05, 0.1) is 11.0 Å². The Morgan fingerprint density at radius 2 is 1.62 bits per heavy atom. The Hall–Kier alpha value is -2.62. The summed E-state index contributed by atoms with van der Waals surface area (Å²) in [4.78, 5) is 16.3. The first-order valence-electron chi connectivity index (χ1n) is 8.12. The number of fused-ring (bicyclic) bond motifs is 1. The van der Waals surface area contributed by atoms with E-state index < -0.39 is 5.91 Å². The Labute approximate surface area is 142 Å². The van der Waals surface area contributed by atoms with Crippen LogP contribution in [-0.4, -0.2) is 15.5 Å². The fourth-order valence-corrected chi connectivity index (χ4v) is 3.43. The minimum Gasteiger partial charge on any atom is -0.364 e. The van der Waals surface area contributed by atoms with Crippen LogP contribution in [0.15, 0.2) is 24.4 Å². The third-order valence-electron chi connectivity index (χ3n) is 5.40. The van der Waals surface area contributed by atoms with E-state index in [4.69, 9.17) is 5.73 Å². The Morgan fingerprint density at radius 3 is 2.21 bits per heavy atom. The molecule has 0 saturated carbocycles. The SMILES string of the molecule is Cc1c(C)c(C)c(Cn2c(C(N)=O)cc3ncccc32)c(C)c1C. The van der Waals surface area contributed by atoms with E-state index in [0.29, 0.717) is 12.2 Å². The number of rotatable bonds is 3. The number of carbonyl (C=O) groups is 1. The first-order valence-corrected chi connectivity index (χ1v) is 8.12. The number of hydrogen-bond acceptors (Lipinski definition) is 2. The molecule has 3 aromatic rings. The topological polar surface area (TPSA) is 60.9 Å². The molecule has 0 aliphatic carbocycles. The molecule has 0 aliphatic rings. The maximum absolute atomic E-state index is 11.9. The van der Waals surface area contributed by atoms with Crippen LogP contribution < -0.4 is 5.73 Å². The molecule has 0 saturated heterocycles. The lowest BCUT2D eigenvalue weighted by Crippen LogP contribution is -2.18. The van der Waals surface area contributed by atoms with Gasteiger partial charge in [0.25, 0.3) is 5.91 Å². The molecule has 1 aromatic carbocycles. The molecule has 4 heteroatoms.